The molecule has 0 unspecified atom stereocenters. The van der Waals surface area contributed by atoms with Crippen molar-refractivity contribution in [3.8, 4) is 61.6 Å². The lowest BCUT2D eigenvalue weighted by atomic mass is 9.75. The summed E-state index contributed by atoms with van der Waals surface area (Å²) in [6.45, 7) is 9.12. The van der Waals surface area contributed by atoms with Crippen molar-refractivity contribution in [3.63, 3.8) is 0 Å². The van der Waals surface area contributed by atoms with E-state index in [4.69, 9.17) is 0 Å². The summed E-state index contributed by atoms with van der Waals surface area (Å²) in [6.07, 6.45) is 6.19. The smallest absolute Gasteiger partial charge is 0.213 e. The first-order valence-electron chi connectivity index (χ1n) is 16.7. The molecule has 8 rings (SSSR count). The Hall–Kier alpha value is -5.87. The van der Waals surface area contributed by atoms with E-state index < -0.39 is 0 Å². The van der Waals surface area contributed by atoms with Gasteiger partial charge in [0.1, 0.15) is 5.69 Å². The molecule has 1 aliphatic heterocycles. The summed E-state index contributed by atoms with van der Waals surface area (Å²) in [5, 5.41) is 9.14. The van der Waals surface area contributed by atoms with E-state index in [1.165, 1.54) is 50.2 Å². The number of rotatable bonds is 7. The fourth-order valence-electron chi connectivity index (χ4n) is 7.34. The zero-order valence-corrected chi connectivity index (χ0v) is 27.3. The van der Waals surface area contributed by atoms with Gasteiger partial charge >= 0.3 is 0 Å². The molecule has 232 valence electrons. The maximum absolute atomic E-state index is 4.61. The average Bonchev–Trinajstić information content (AvgIpc) is 3.67. The van der Waals surface area contributed by atoms with Crippen LogP contribution in [0.2, 0.25) is 0 Å². The van der Waals surface area contributed by atoms with Gasteiger partial charge in [0.25, 0.3) is 0 Å². The summed E-state index contributed by atoms with van der Waals surface area (Å²) in [6, 6.07) is 49.6. The van der Waals surface area contributed by atoms with E-state index in [2.05, 4.69) is 181 Å². The molecule has 0 spiro atoms. The fourth-order valence-corrected chi connectivity index (χ4v) is 7.34. The van der Waals surface area contributed by atoms with Gasteiger partial charge in [0.05, 0.1) is 17.4 Å². The monoisotopic (exact) mass is 621 g/mol. The second-order valence-corrected chi connectivity index (χ2v) is 12.6. The van der Waals surface area contributed by atoms with E-state index in [-0.39, 0.29) is 5.54 Å². The summed E-state index contributed by atoms with van der Waals surface area (Å²) in [4.78, 5) is 0. The molecule has 4 nitrogen and oxygen atoms in total. The normalized spacial score (nSPS) is 13.2. The first-order chi connectivity index (χ1) is 23.6. The highest BCUT2D eigenvalue weighted by Crippen LogP contribution is 2.44. The van der Waals surface area contributed by atoms with Crippen LogP contribution in [0.25, 0.3) is 67.2 Å². The minimum atomic E-state index is -0.121. The van der Waals surface area contributed by atoms with Gasteiger partial charge in [-0.1, -0.05) is 117 Å². The Morgan fingerprint density at radius 1 is 0.583 bits per heavy atom. The number of nitrogens with zero attached hydrogens (tertiary/aromatic N) is 4. The van der Waals surface area contributed by atoms with Gasteiger partial charge in [0.15, 0.2) is 11.7 Å². The van der Waals surface area contributed by atoms with Gasteiger partial charge in [-0.25, -0.2) is 4.68 Å². The third-order valence-corrected chi connectivity index (χ3v) is 10.1. The Morgan fingerprint density at radius 2 is 1.15 bits per heavy atom. The molecule has 48 heavy (non-hydrogen) atoms. The van der Waals surface area contributed by atoms with Gasteiger partial charge < -0.3 is 0 Å². The molecule has 0 aliphatic carbocycles. The van der Waals surface area contributed by atoms with Gasteiger partial charge in [-0.3, -0.25) is 0 Å². The molecule has 3 heterocycles. The lowest BCUT2D eigenvalue weighted by molar-refractivity contribution is -0.741. The molecule has 0 radical (unpaired) electrons. The molecule has 0 bridgehead atoms. The fraction of sp³-hybridized carbons (Fsp3) is 0.114. The van der Waals surface area contributed by atoms with E-state index in [0.29, 0.717) is 0 Å². The Morgan fingerprint density at radius 3 is 1.75 bits per heavy atom. The van der Waals surface area contributed by atoms with E-state index in [9.17, 15) is 0 Å². The van der Waals surface area contributed by atoms with Gasteiger partial charge in [0, 0.05) is 36.1 Å². The van der Waals surface area contributed by atoms with Crippen molar-refractivity contribution in [2.24, 2.45) is 0 Å². The van der Waals surface area contributed by atoms with Crippen molar-refractivity contribution < 1.29 is 4.57 Å². The number of fused-ring (bicyclic) bond motifs is 3. The lowest BCUT2D eigenvalue weighted by Crippen LogP contribution is -2.59. The Balaban J connectivity index is 1.12. The molecule has 0 saturated carbocycles. The summed E-state index contributed by atoms with van der Waals surface area (Å²) in [5.41, 5.74) is 14.6. The molecule has 0 fully saturated rings. The van der Waals surface area contributed by atoms with Gasteiger partial charge in [-0.2, -0.15) is 4.57 Å². The van der Waals surface area contributed by atoms with Crippen molar-refractivity contribution in [2.45, 2.75) is 32.2 Å². The van der Waals surface area contributed by atoms with Crippen LogP contribution in [-0.4, -0.2) is 15.0 Å². The van der Waals surface area contributed by atoms with Crippen molar-refractivity contribution in [2.75, 3.05) is 0 Å². The third-order valence-electron chi connectivity index (χ3n) is 10.1. The molecule has 4 heteroatoms. The predicted octanol–water partition coefficient (Wildman–Crippen LogP) is 10.4. The second-order valence-electron chi connectivity index (χ2n) is 12.6. The quantitative estimate of drug-likeness (QED) is 0.166. The SMILES string of the molecule is C=C1c2ccc(-n3cc(-c4ccc(-c5cc(-c6ccccc6)cc(-c6ccccc6)c5)cc4)nn3)cc2-c2cccc[n+]2C1(CC)CC. The summed E-state index contributed by atoms with van der Waals surface area (Å²) >= 11 is 0. The maximum atomic E-state index is 4.61. The van der Waals surface area contributed by atoms with Crippen LogP contribution in [0.15, 0.2) is 158 Å². The molecule has 0 N–H and O–H groups in total. The van der Waals surface area contributed by atoms with E-state index in [1.807, 2.05) is 10.9 Å². The Labute approximate surface area is 282 Å². The van der Waals surface area contributed by atoms with Crippen LogP contribution in [0, 0.1) is 0 Å². The van der Waals surface area contributed by atoms with Crippen LogP contribution < -0.4 is 4.57 Å². The number of pyridine rings is 1. The minimum Gasteiger partial charge on any atom is -0.220 e. The van der Waals surface area contributed by atoms with Gasteiger partial charge in [0.2, 0.25) is 5.69 Å². The molecule has 0 amide bonds. The van der Waals surface area contributed by atoms with Crippen LogP contribution in [0.5, 0.6) is 0 Å². The topological polar surface area (TPSA) is 34.6 Å². The zero-order valence-electron chi connectivity index (χ0n) is 27.3. The summed E-state index contributed by atoms with van der Waals surface area (Å²) < 4.78 is 4.28. The highest BCUT2D eigenvalue weighted by Gasteiger charge is 2.46. The van der Waals surface area contributed by atoms with Crippen molar-refractivity contribution in [3.05, 3.63) is 164 Å². The standard InChI is InChI=1S/C44H37N4/c1-4-44(5-2)31(3)40-24-23-39(29-41(40)43-18-12-13-25-47(43)44)48-30-42(45-46-48)35-21-19-34(20-22-35)38-27-36(32-14-8-6-9-15-32)26-37(28-38)33-16-10-7-11-17-33/h6-30H,3-5H2,1-2H3/q+1. The van der Waals surface area contributed by atoms with Crippen LogP contribution in [0.3, 0.4) is 0 Å². The molecule has 2 aromatic heterocycles. The predicted molar refractivity (Wildman–Crippen MR) is 196 cm³/mol. The molecule has 0 saturated heterocycles. The summed E-state index contributed by atoms with van der Waals surface area (Å²) in [5.74, 6) is 0. The van der Waals surface area contributed by atoms with Crippen LogP contribution >= 0.6 is 0 Å². The molecular formula is C44H37N4+. The molecular weight excluding hydrogens is 585 g/mol. The first-order valence-corrected chi connectivity index (χ1v) is 16.7. The number of aromatic nitrogens is 4. The first kappa shape index (κ1) is 29.5. The number of allylic oxidation sites excluding steroid dienone is 1. The van der Waals surface area contributed by atoms with Gasteiger partial charge in [-0.05, 0) is 75.3 Å². The molecule has 1 aliphatic rings. The van der Waals surface area contributed by atoms with Crippen LogP contribution in [0.4, 0.5) is 0 Å². The summed E-state index contributed by atoms with van der Waals surface area (Å²) in [7, 11) is 0. The van der Waals surface area contributed by atoms with Gasteiger partial charge in [-0.15, -0.1) is 5.10 Å². The van der Waals surface area contributed by atoms with Crippen molar-refractivity contribution >= 4 is 5.57 Å². The maximum Gasteiger partial charge on any atom is 0.213 e. The van der Waals surface area contributed by atoms with Crippen molar-refractivity contribution in [1.82, 2.24) is 15.0 Å². The second kappa shape index (κ2) is 12.1. The lowest BCUT2D eigenvalue weighted by Gasteiger charge is -2.34. The highest BCUT2D eigenvalue weighted by molar-refractivity contribution is 5.84. The molecule has 7 aromatic rings. The third kappa shape index (κ3) is 4.98. The van der Waals surface area contributed by atoms with E-state index in [0.717, 1.165) is 35.3 Å². The van der Waals surface area contributed by atoms with Crippen molar-refractivity contribution in [1.29, 1.82) is 0 Å². The number of hydrogen-bond acceptors (Lipinski definition) is 2. The minimum absolute atomic E-state index is 0.121. The number of benzene rings is 5. The molecule has 5 aromatic carbocycles. The highest BCUT2D eigenvalue weighted by atomic mass is 15.4. The Kier molecular flexibility index (Phi) is 7.41. The zero-order chi connectivity index (χ0) is 32.7. The average molecular weight is 622 g/mol. The largest absolute Gasteiger partial charge is 0.220 e. The molecule has 0 atom stereocenters. The number of hydrogen-bond donors (Lipinski definition) is 0. The van der Waals surface area contributed by atoms with Crippen LogP contribution in [0.1, 0.15) is 32.3 Å². The van der Waals surface area contributed by atoms with E-state index >= 15 is 0 Å². The Bertz CT molecular complexity index is 2200. The van der Waals surface area contributed by atoms with E-state index in [1.54, 1.807) is 0 Å². The van der Waals surface area contributed by atoms with Crippen LogP contribution in [-0.2, 0) is 5.54 Å².